The third-order valence-corrected chi connectivity index (χ3v) is 4.99. The van der Waals surface area contributed by atoms with Crippen LogP contribution >= 0.6 is 0 Å². The molecule has 1 saturated heterocycles. The highest BCUT2D eigenvalue weighted by molar-refractivity contribution is 5.65. The predicted octanol–water partition coefficient (Wildman–Crippen LogP) is 5.13. The van der Waals surface area contributed by atoms with Gasteiger partial charge in [0.25, 0.3) is 0 Å². The molecule has 0 unspecified atom stereocenters. The van der Waals surface area contributed by atoms with Crippen LogP contribution in [0.2, 0.25) is 0 Å². The van der Waals surface area contributed by atoms with E-state index < -0.39 is 0 Å². The second kappa shape index (κ2) is 8.61. The van der Waals surface area contributed by atoms with Gasteiger partial charge in [0.05, 0.1) is 11.6 Å². The van der Waals surface area contributed by atoms with Crippen LogP contribution in [0.4, 0.5) is 28.7 Å². The third kappa shape index (κ3) is 4.82. The smallest absolute Gasteiger partial charge is 0.136 e. The van der Waals surface area contributed by atoms with Gasteiger partial charge in [-0.2, -0.15) is 5.26 Å². The molecular weight excluding hydrogens is 360 g/mol. The molecule has 6 heteroatoms. The Bertz CT molecular complexity index is 999. The third-order valence-electron chi connectivity index (χ3n) is 4.99. The minimum Gasteiger partial charge on any atom is -0.372 e. The van der Waals surface area contributed by atoms with Crippen LogP contribution < -0.4 is 15.5 Å². The van der Waals surface area contributed by atoms with Gasteiger partial charge in [0, 0.05) is 36.2 Å². The zero-order chi connectivity index (χ0) is 20.1. The normalized spacial score (nSPS) is 13.6. The Morgan fingerprint density at radius 3 is 1.93 bits per heavy atom. The van der Waals surface area contributed by atoms with Crippen LogP contribution in [0.1, 0.15) is 30.7 Å². The van der Waals surface area contributed by atoms with Crippen molar-refractivity contribution in [3.63, 3.8) is 0 Å². The van der Waals surface area contributed by atoms with Crippen molar-refractivity contribution >= 4 is 28.7 Å². The lowest BCUT2D eigenvalue weighted by atomic mass is 10.1. The van der Waals surface area contributed by atoms with Gasteiger partial charge in [-0.25, -0.2) is 9.97 Å². The fourth-order valence-corrected chi connectivity index (χ4v) is 3.53. The summed E-state index contributed by atoms with van der Waals surface area (Å²) in [5, 5.41) is 15.6. The lowest BCUT2D eigenvalue weighted by molar-refractivity contribution is 0.578. The summed E-state index contributed by atoms with van der Waals surface area (Å²) in [4.78, 5) is 11.4. The Morgan fingerprint density at radius 2 is 1.38 bits per heavy atom. The Labute approximate surface area is 171 Å². The second-order valence-corrected chi connectivity index (χ2v) is 7.22. The van der Waals surface area contributed by atoms with E-state index in [9.17, 15) is 0 Å². The monoisotopic (exact) mass is 384 g/mol. The molecule has 2 aromatic carbocycles. The van der Waals surface area contributed by atoms with Crippen molar-refractivity contribution in [2.75, 3.05) is 28.6 Å². The first-order chi connectivity index (χ1) is 14.2. The van der Waals surface area contributed by atoms with E-state index in [1.54, 1.807) is 12.1 Å². The first kappa shape index (κ1) is 18.8. The van der Waals surface area contributed by atoms with Crippen molar-refractivity contribution in [3.8, 4) is 6.07 Å². The first-order valence-corrected chi connectivity index (χ1v) is 9.94. The van der Waals surface area contributed by atoms with Gasteiger partial charge in [-0.3, -0.25) is 0 Å². The molecule has 1 aliphatic rings. The van der Waals surface area contributed by atoms with Crippen LogP contribution in [-0.4, -0.2) is 23.1 Å². The zero-order valence-corrected chi connectivity index (χ0v) is 16.5. The van der Waals surface area contributed by atoms with Gasteiger partial charge in [0.2, 0.25) is 0 Å². The maximum atomic E-state index is 8.92. The van der Waals surface area contributed by atoms with Crippen LogP contribution in [0.5, 0.6) is 0 Å². The minimum absolute atomic E-state index is 0.629. The standard InChI is InChI=1S/C23H24N6/c1-17-25-22(27-19-7-5-18(16-24)6-8-19)15-23(26-17)28-20-9-11-21(12-10-20)29-13-3-2-4-14-29/h5-12,15H,2-4,13-14H2,1H3,(H2,25,26,27,28). The molecule has 0 aliphatic carbocycles. The summed E-state index contributed by atoms with van der Waals surface area (Å²) in [6.45, 7) is 4.15. The van der Waals surface area contributed by atoms with E-state index in [2.05, 4.69) is 55.8 Å². The molecule has 29 heavy (non-hydrogen) atoms. The SMILES string of the molecule is Cc1nc(Nc2ccc(C#N)cc2)cc(Nc2ccc(N3CCCCC3)cc2)n1. The Morgan fingerprint density at radius 1 is 0.828 bits per heavy atom. The number of rotatable bonds is 5. The van der Waals surface area contributed by atoms with Crippen molar-refractivity contribution in [2.24, 2.45) is 0 Å². The minimum atomic E-state index is 0.629. The zero-order valence-electron chi connectivity index (χ0n) is 16.5. The highest BCUT2D eigenvalue weighted by atomic mass is 15.1. The molecule has 0 atom stereocenters. The molecule has 1 fully saturated rings. The molecule has 1 aromatic heterocycles. The molecule has 2 N–H and O–H groups in total. The number of aryl methyl sites for hydroxylation is 1. The summed E-state index contributed by atoms with van der Waals surface area (Å²) in [7, 11) is 0. The second-order valence-electron chi connectivity index (χ2n) is 7.22. The Hall–Kier alpha value is -3.59. The molecule has 0 saturated carbocycles. The lowest BCUT2D eigenvalue weighted by Gasteiger charge is -2.28. The van der Waals surface area contributed by atoms with Gasteiger partial charge in [-0.1, -0.05) is 0 Å². The Kier molecular flexibility index (Phi) is 5.57. The lowest BCUT2D eigenvalue weighted by Crippen LogP contribution is -2.29. The number of benzene rings is 2. The van der Waals surface area contributed by atoms with Crippen LogP contribution in [0, 0.1) is 18.3 Å². The summed E-state index contributed by atoms with van der Waals surface area (Å²) in [5.74, 6) is 2.12. The topological polar surface area (TPSA) is 76.9 Å². The van der Waals surface area contributed by atoms with E-state index in [-0.39, 0.29) is 0 Å². The van der Waals surface area contributed by atoms with Crippen LogP contribution in [0.15, 0.2) is 54.6 Å². The van der Waals surface area contributed by atoms with E-state index >= 15 is 0 Å². The first-order valence-electron chi connectivity index (χ1n) is 9.94. The number of hydrogen-bond acceptors (Lipinski definition) is 6. The molecule has 0 bridgehead atoms. The number of nitrogens with zero attached hydrogens (tertiary/aromatic N) is 4. The fraction of sp³-hybridized carbons (Fsp3) is 0.261. The highest BCUT2D eigenvalue weighted by Crippen LogP contribution is 2.24. The molecule has 0 amide bonds. The van der Waals surface area contributed by atoms with Gasteiger partial charge in [-0.05, 0) is 74.7 Å². The number of piperidine rings is 1. The number of nitriles is 1. The number of anilines is 5. The van der Waals surface area contributed by atoms with Crippen molar-refractivity contribution < 1.29 is 0 Å². The van der Waals surface area contributed by atoms with Crippen LogP contribution in [0.25, 0.3) is 0 Å². The molecular formula is C23H24N6. The maximum absolute atomic E-state index is 8.92. The van der Waals surface area contributed by atoms with Crippen molar-refractivity contribution in [1.29, 1.82) is 5.26 Å². The van der Waals surface area contributed by atoms with Crippen molar-refractivity contribution in [2.45, 2.75) is 26.2 Å². The molecule has 146 valence electrons. The summed E-state index contributed by atoms with van der Waals surface area (Å²) >= 11 is 0. The quantitative estimate of drug-likeness (QED) is 0.635. The Balaban J connectivity index is 1.46. The van der Waals surface area contributed by atoms with Gasteiger partial charge < -0.3 is 15.5 Å². The molecule has 1 aliphatic heterocycles. The predicted molar refractivity (Wildman–Crippen MR) is 117 cm³/mol. The largest absolute Gasteiger partial charge is 0.372 e. The summed E-state index contributed by atoms with van der Waals surface area (Å²) < 4.78 is 0. The molecule has 2 heterocycles. The molecule has 4 rings (SSSR count). The number of aromatic nitrogens is 2. The van der Waals surface area contributed by atoms with Crippen molar-refractivity contribution in [3.05, 3.63) is 66.0 Å². The average molecular weight is 384 g/mol. The fourth-order valence-electron chi connectivity index (χ4n) is 3.53. The van der Waals surface area contributed by atoms with E-state index in [1.165, 1.54) is 24.9 Å². The molecule has 3 aromatic rings. The van der Waals surface area contributed by atoms with Crippen molar-refractivity contribution in [1.82, 2.24) is 9.97 Å². The average Bonchev–Trinajstić information content (AvgIpc) is 2.75. The van der Waals surface area contributed by atoms with Gasteiger partial charge in [-0.15, -0.1) is 0 Å². The summed E-state index contributed by atoms with van der Waals surface area (Å²) in [6.07, 6.45) is 3.88. The van der Waals surface area contributed by atoms with Crippen LogP contribution in [0.3, 0.4) is 0 Å². The van der Waals surface area contributed by atoms with Gasteiger partial charge in [0.15, 0.2) is 0 Å². The maximum Gasteiger partial charge on any atom is 0.136 e. The highest BCUT2D eigenvalue weighted by Gasteiger charge is 2.11. The molecule has 0 radical (unpaired) electrons. The van der Waals surface area contributed by atoms with E-state index in [1.807, 2.05) is 25.1 Å². The number of nitrogens with one attached hydrogen (secondary N) is 2. The van der Waals surface area contributed by atoms with Gasteiger partial charge >= 0.3 is 0 Å². The molecule has 6 nitrogen and oxygen atoms in total. The van der Waals surface area contributed by atoms with E-state index in [0.29, 0.717) is 17.2 Å². The van der Waals surface area contributed by atoms with Crippen LogP contribution in [-0.2, 0) is 0 Å². The number of hydrogen-bond donors (Lipinski definition) is 2. The van der Waals surface area contributed by atoms with E-state index in [0.717, 1.165) is 30.3 Å². The summed E-state index contributed by atoms with van der Waals surface area (Å²) in [6, 6.07) is 19.8. The summed E-state index contributed by atoms with van der Waals surface area (Å²) in [5.41, 5.74) is 3.77. The van der Waals surface area contributed by atoms with Gasteiger partial charge in [0.1, 0.15) is 17.5 Å². The molecule has 0 spiro atoms. The van der Waals surface area contributed by atoms with E-state index in [4.69, 9.17) is 5.26 Å².